The lowest BCUT2D eigenvalue weighted by atomic mass is 9.97. The third-order valence-electron chi connectivity index (χ3n) is 4.03. The quantitative estimate of drug-likeness (QED) is 0.840. The minimum Gasteiger partial charge on any atom is -0.494 e. The van der Waals surface area contributed by atoms with Crippen LogP contribution in [0.4, 0.5) is 0 Å². The van der Waals surface area contributed by atoms with Gasteiger partial charge in [0.15, 0.2) is 0 Å². The Kier molecular flexibility index (Phi) is 5.44. The molecule has 1 fully saturated rings. The van der Waals surface area contributed by atoms with Crippen molar-refractivity contribution in [3.8, 4) is 5.75 Å². The number of nitrogens with zero attached hydrogens (tertiary/aromatic N) is 1. The van der Waals surface area contributed by atoms with E-state index in [9.17, 15) is 5.11 Å². The normalized spacial score (nSPS) is 23.8. The molecular formula is C17H27NO2. The average Bonchev–Trinajstić information content (AvgIpc) is 2.38. The van der Waals surface area contributed by atoms with Gasteiger partial charge in [0.1, 0.15) is 5.75 Å². The van der Waals surface area contributed by atoms with Gasteiger partial charge in [0, 0.05) is 19.6 Å². The predicted octanol–water partition coefficient (Wildman–Crippen LogP) is 2.78. The summed E-state index contributed by atoms with van der Waals surface area (Å²) in [6, 6.07) is 6.34. The van der Waals surface area contributed by atoms with E-state index in [2.05, 4.69) is 43.9 Å². The molecule has 0 aromatic heterocycles. The summed E-state index contributed by atoms with van der Waals surface area (Å²) in [7, 11) is 0. The third-order valence-corrected chi connectivity index (χ3v) is 4.03. The van der Waals surface area contributed by atoms with E-state index in [0.29, 0.717) is 5.92 Å². The molecule has 0 radical (unpaired) electrons. The summed E-state index contributed by atoms with van der Waals surface area (Å²) in [6.45, 7) is 10.2. The standard InChI is InChI=1S/C17H27NO2/c1-13-9-14(2)11-16(10-13)20-8-4-6-18-7-5-17(19)15(3)12-18/h9-11,15,17,19H,4-8,12H2,1-3H3. The Labute approximate surface area is 122 Å². The second kappa shape index (κ2) is 7.09. The van der Waals surface area contributed by atoms with Gasteiger partial charge in [0.25, 0.3) is 0 Å². The maximum atomic E-state index is 9.72. The van der Waals surface area contributed by atoms with Gasteiger partial charge in [-0.15, -0.1) is 0 Å². The fourth-order valence-corrected chi connectivity index (χ4v) is 2.92. The number of rotatable bonds is 5. The van der Waals surface area contributed by atoms with Crippen molar-refractivity contribution >= 4 is 0 Å². The molecule has 20 heavy (non-hydrogen) atoms. The number of piperidine rings is 1. The van der Waals surface area contributed by atoms with Crippen molar-refractivity contribution in [3.63, 3.8) is 0 Å². The molecular weight excluding hydrogens is 250 g/mol. The highest BCUT2D eigenvalue weighted by atomic mass is 16.5. The summed E-state index contributed by atoms with van der Waals surface area (Å²) in [5.74, 6) is 1.37. The minimum atomic E-state index is -0.113. The topological polar surface area (TPSA) is 32.7 Å². The number of ether oxygens (including phenoxy) is 1. The average molecular weight is 277 g/mol. The molecule has 1 N–H and O–H groups in total. The molecule has 2 unspecified atom stereocenters. The molecule has 2 rings (SSSR count). The highest BCUT2D eigenvalue weighted by Crippen LogP contribution is 2.18. The Hall–Kier alpha value is -1.06. The Balaban J connectivity index is 1.69. The molecule has 0 amide bonds. The molecule has 1 aliphatic heterocycles. The Morgan fingerprint density at radius 3 is 2.60 bits per heavy atom. The lowest BCUT2D eigenvalue weighted by Crippen LogP contribution is -2.42. The molecule has 0 saturated carbocycles. The van der Waals surface area contributed by atoms with E-state index >= 15 is 0 Å². The van der Waals surface area contributed by atoms with Crippen LogP contribution in [0.3, 0.4) is 0 Å². The van der Waals surface area contributed by atoms with E-state index in [0.717, 1.165) is 44.8 Å². The Morgan fingerprint density at radius 2 is 1.95 bits per heavy atom. The maximum Gasteiger partial charge on any atom is 0.119 e. The first-order chi connectivity index (χ1) is 9.54. The van der Waals surface area contributed by atoms with Gasteiger partial charge in [-0.3, -0.25) is 0 Å². The molecule has 1 aromatic carbocycles. The zero-order chi connectivity index (χ0) is 14.5. The van der Waals surface area contributed by atoms with E-state index in [1.165, 1.54) is 11.1 Å². The fraction of sp³-hybridized carbons (Fsp3) is 0.647. The van der Waals surface area contributed by atoms with E-state index in [4.69, 9.17) is 4.74 Å². The summed E-state index contributed by atoms with van der Waals surface area (Å²) in [6.07, 6.45) is 1.83. The summed E-state index contributed by atoms with van der Waals surface area (Å²) >= 11 is 0. The van der Waals surface area contributed by atoms with Crippen LogP contribution in [-0.2, 0) is 0 Å². The van der Waals surface area contributed by atoms with Crippen LogP contribution in [0.15, 0.2) is 18.2 Å². The molecule has 1 heterocycles. The van der Waals surface area contributed by atoms with Crippen molar-refractivity contribution in [2.24, 2.45) is 5.92 Å². The number of aliphatic hydroxyl groups excluding tert-OH is 1. The van der Waals surface area contributed by atoms with Gasteiger partial charge < -0.3 is 14.7 Å². The summed E-state index contributed by atoms with van der Waals surface area (Å²) in [5, 5.41) is 9.72. The van der Waals surface area contributed by atoms with Gasteiger partial charge in [0.2, 0.25) is 0 Å². The monoisotopic (exact) mass is 277 g/mol. The van der Waals surface area contributed by atoms with Crippen LogP contribution in [-0.4, -0.2) is 42.4 Å². The number of hydrogen-bond acceptors (Lipinski definition) is 3. The van der Waals surface area contributed by atoms with Crippen molar-refractivity contribution < 1.29 is 9.84 Å². The molecule has 0 bridgehead atoms. The van der Waals surface area contributed by atoms with Crippen LogP contribution in [0.5, 0.6) is 5.75 Å². The number of hydrogen-bond donors (Lipinski definition) is 1. The molecule has 3 heteroatoms. The number of benzene rings is 1. The number of aryl methyl sites for hydroxylation is 2. The maximum absolute atomic E-state index is 9.72. The van der Waals surface area contributed by atoms with Gasteiger partial charge in [-0.1, -0.05) is 13.0 Å². The molecule has 112 valence electrons. The van der Waals surface area contributed by atoms with Crippen LogP contribution in [0.1, 0.15) is 30.9 Å². The van der Waals surface area contributed by atoms with Gasteiger partial charge in [-0.05, 0) is 55.9 Å². The van der Waals surface area contributed by atoms with Crippen LogP contribution >= 0.6 is 0 Å². The smallest absolute Gasteiger partial charge is 0.119 e. The largest absolute Gasteiger partial charge is 0.494 e. The SMILES string of the molecule is Cc1cc(C)cc(OCCCN2CCC(O)C(C)C2)c1. The van der Waals surface area contributed by atoms with Gasteiger partial charge in [-0.25, -0.2) is 0 Å². The molecule has 2 atom stereocenters. The first-order valence-electron chi connectivity index (χ1n) is 7.66. The van der Waals surface area contributed by atoms with Crippen molar-refractivity contribution in [2.45, 2.75) is 39.7 Å². The van der Waals surface area contributed by atoms with Crippen LogP contribution in [0.2, 0.25) is 0 Å². The van der Waals surface area contributed by atoms with Crippen LogP contribution < -0.4 is 4.74 Å². The zero-order valence-electron chi connectivity index (χ0n) is 12.9. The van der Waals surface area contributed by atoms with Crippen molar-refractivity contribution in [1.82, 2.24) is 4.90 Å². The van der Waals surface area contributed by atoms with E-state index in [1.807, 2.05) is 0 Å². The fourth-order valence-electron chi connectivity index (χ4n) is 2.92. The van der Waals surface area contributed by atoms with Gasteiger partial charge >= 0.3 is 0 Å². The van der Waals surface area contributed by atoms with Crippen molar-refractivity contribution in [2.75, 3.05) is 26.2 Å². The van der Waals surface area contributed by atoms with Crippen LogP contribution in [0, 0.1) is 19.8 Å². The number of aliphatic hydroxyl groups is 1. The highest BCUT2D eigenvalue weighted by Gasteiger charge is 2.23. The highest BCUT2D eigenvalue weighted by molar-refractivity contribution is 5.32. The molecule has 1 aliphatic rings. The van der Waals surface area contributed by atoms with Crippen molar-refractivity contribution in [1.29, 1.82) is 0 Å². The molecule has 3 nitrogen and oxygen atoms in total. The van der Waals surface area contributed by atoms with Gasteiger partial charge in [-0.2, -0.15) is 0 Å². The predicted molar refractivity (Wildman–Crippen MR) is 82.3 cm³/mol. The van der Waals surface area contributed by atoms with E-state index in [1.54, 1.807) is 0 Å². The first kappa shape index (κ1) is 15.3. The van der Waals surface area contributed by atoms with E-state index < -0.39 is 0 Å². The third kappa shape index (κ3) is 4.50. The molecule has 1 saturated heterocycles. The lowest BCUT2D eigenvalue weighted by molar-refractivity contribution is 0.0334. The first-order valence-corrected chi connectivity index (χ1v) is 7.66. The Bertz CT molecular complexity index is 413. The summed E-state index contributed by atoms with van der Waals surface area (Å²) in [4.78, 5) is 2.43. The van der Waals surface area contributed by atoms with E-state index in [-0.39, 0.29) is 6.10 Å². The van der Waals surface area contributed by atoms with Crippen molar-refractivity contribution in [3.05, 3.63) is 29.3 Å². The summed E-state index contributed by atoms with van der Waals surface area (Å²) < 4.78 is 5.83. The molecule has 0 spiro atoms. The summed E-state index contributed by atoms with van der Waals surface area (Å²) in [5.41, 5.74) is 2.50. The molecule has 1 aromatic rings. The second-order valence-electron chi connectivity index (χ2n) is 6.16. The second-order valence-corrected chi connectivity index (χ2v) is 6.16. The molecule has 0 aliphatic carbocycles. The lowest BCUT2D eigenvalue weighted by Gasteiger charge is -2.34. The van der Waals surface area contributed by atoms with Gasteiger partial charge in [0.05, 0.1) is 12.7 Å². The zero-order valence-corrected chi connectivity index (χ0v) is 12.9. The minimum absolute atomic E-state index is 0.113. The van der Waals surface area contributed by atoms with Crippen LogP contribution in [0.25, 0.3) is 0 Å². The number of likely N-dealkylation sites (tertiary alicyclic amines) is 1. The Morgan fingerprint density at radius 1 is 1.25 bits per heavy atom.